The van der Waals surface area contributed by atoms with E-state index in [-0.39, 0.29) is 18.4 Å². The average molecular weight is 346 g/mol. The van der Waals surface area contributed by atoms with Crippen LogP contribution >= 0.6 is 22.6 Å². The summed E-state index contributed by atoms with van der Waals surface area (Å²) in [6, 6.07) is 7.27. The zero-order valence-electron chi connectivity index (χ0n) is 9.87. The van der Waals surface area contributed by atoms with Gasteiger partial charge in [0.15, 0.2) is 0 Å². The Balaban J connectivity index is 2.57. The molecule has 0 spiro atoms. The summed E-state index contributed by atoms with van der Waals surface area (Å²) in [5, 5.41) is 2.62. The highest BCUT2D eigenvalue weighted by Gasteiger charge is 2.12. The van der Waals surface area contributed by atoms with Gasteiger partial charge in [-0.2, -0.15) is 0 Å². The van der Waals surface area contributed by atoms with Crippen LogP contribution in [0, 0.1) is 3.57 Å². The minimum Gasteiger partial charge on any atom is -0.345 e. The molecule has 1 aromatic carbocycles. The molecule has 0 aromatic heterocycles. The lowest BCUT2D eigenvalue weighted by Crippen LogP contribution is -2.38. The Morgan fingerprint density at radius 2 is 2.00 bits per heavy atom. The van der Waals surface area contributed by atoms with Crippen molar-refractivity contribution in [2.24, 2.45) is 0 Å². The van der Waals surface area contributed by atoms with E-state index < -0.39 is 0 Å². The topological polar surface area (TPSA) is 49.4 Å². The average Bonchev–Trinajstić information content (AvgIpc) is 2.35. The fourth-order valence-electron chi connectivity index (χ4n) is 1.21. The van der Waals surface area contributed by atoms with Crippen LogP contribution in [0.2, 0.25) is 0 Å². The van der Waals surface area contributed by atoms with E-state index >= 15 is 0 Å². The lowest BCUT2D eigenvalue weighted by molar-refractivity contribution is -0.128. The first kappa shape index (κ1) is 14.0. The Morgan fingerprint density at radius 3 is 2.59 bits per heavy atom. The van der Waals surface area contributed by atoms with E-state index in [1.807, 2.05) is 19.1 Å². The standard InChI is InChI=1S/C12H15IN2O2/c1-3-15(2)11(16)8-14-12(17)9-6-4-5-7-10(9)13/h4-7H,3,8H2,1-2H3,(H,14,17). The smallest absolute Gasteiger partial charge is 0.252 e. The number of likely N-dealkylation sites (N-methyl/N-ethyl adjacent to an activating group) is 1. The summed E-state index contributed by atoms with van der Waals surface area (Å²) >= 11 is 2.10. The van der Waals surface area contributed by atoms with E-state index in [9.17, 15) is 9.59 Å². The van der Waals surface area contributed by atoms with Crippen molar-refractivity contribution in [1.82, 2.24) is 10.2 Å². The first-order valence-corrected chi connectivity index (χ1v) is 6.40. The first-order valence-electron chi connectivity index (χ1n) is 5.33. The van der Waals surface area contributed by atoms with Crippen molar-refractivity contribution >= 4 is 34.4 Å². The number of nitrogens with zero attached hydrogens (tertiary/aromatic N) is 1. The number of hydrogen-bond donors (Lipinski definition) is 1. The van der Waals surface area contributed by atoms with E-state index in [0.717, 1.165) is 3.57 Å². The third-order valence-electron chi connectivity index (χ3n) is 2.42. The molecule has 0 aliphatic carbocycles. The van der Waals surface area contributed by atoms with Gasteiger partial charge >= 0.3 is 0 Å². The molecule has 1 N–H and O–H groups in total. The molecular weight excluding hydrogens is 331 g/mol. The Kier molecular flexibility index (Phi) is 5.40. The van der Waals surface area contributed by atoms with Gasteiger partial charge in [-0.1, -0.05) is 12.1 Å². The number of nitrogens with one attached hydrogen (secondary N) is 1. The molecule has 5 heteroatoms. The molecule has 0 saturated carbocycles. The van der Waals surface area contributed by atoms with Gasteiger partial charge in [-0.25, -0.2) is 0 Å². The molecule has 17 heavy (non-hydrogen) atoms. The highest BCUT2D eigenvalue weighted by Crippen LogP contribution is 2.10. The van der Waals surface area contributed by atoms with E-state index in [2.05, 4.69) is 27.9 Å². The molecule has 0 heterocycles. The third-order valence-corrected chi connectivity index (χ3v) is 3.36. The van der Waals surface area contributed by atoms with Crippen LogP contribution in [-0.4, -0.2) is 36.9 Å². The molecule has 0 aliphatic rings. The predicted molar refractivity (Wildman–Crippen MR) is 74.8 cm³/mol. The number of halogens is 1. The molecule has 1 aromatic rings. The van der Waals surface area contributed by atoms with Crippen LogP contribution in [0.25, 0.3) is 0 Å². The molecule has 1 rings (SSSR count). The largest absolute Gasteiger partial charge is 0.345 e. The summed E-state index contributed by atoms with van der Waals surface area (Å²) < 4.78 is 0.874. The normalized spacial score (nSPS) is 9.82. The van der Waals surface area contributed by atoms with Crippen molar-refractivity contribution in [1.29, 1.82) is 0 Å². The number of rotatable bonds is 4. The Morgan fingerprint density at radius 1 is 1.35 bits per heavy atom. The highest BCUT2D eigenvalue weighted by molar-refractivity contribution is 14.1. The van der Waals surface area contributed by atoms with E-state index in [1.54, 1.807) is 24.1 Å². The molecule has 0 saturated heterocycles. The lowest BCUT2D eigenvalue weighted by atomic mass is 10.2. The van der Waals surface area contributed by atoms with Crippen LogP contribution in [-0.2, 0) is 4.79 Å². The van der Waals surface area contributed by atoms with Gasteiger partial charge in [-0.3, -0.25) is 9.59 Å². The van der Waals surface area contributed by atoms with Crippen molar-refractivity contribution < 1.29 is 9.59 Å². The Bertz CT molecular complexity index is 421. The number of carbonyl (C=O) groups is 2. The molecule has 0 aliphatic heterocycles. The van der Waals surface area contributed by atoms with Crippen LogP contribution in [0.5, 0.6) is 0 Å². The summed E-state index contributed by atoms with van der Waals surface area (Å²) in [4.78, 5) is 24.9. The molecule has 0 fully saturated rings. The monoisotopic (exact) mass is 346 g/mol. The Labute approximate surface area is 115 Å². The molecule has 0 radical (unpaired) electrons. The maximum atomic E-state index is 11.8. The summed E-state index contributed by atoms with van der Waals surface area (Å²) in [5.41, 5.74) is 0.597. The molecule has 0 bridgehead atoms. The van der Waals surface area contributed by atoms with Crippen molar-refractivity contribution in [3.8, 4) is 0 Å². The number of hydrogen-bond acceptors (Lipinski definition) is 2. The second kappa shape index (κ2) is 6.58. The van der Waals surface area contributed by atoms with Gasteiger partial charge in [-0.15, -0.1) is 0 Å². The van der Waals surface area contributed by atoms with Crippen LogP contribution in [0.3, 0.4) is 0 Å². The molecule has 92 valence electrons. The van der Waals surface area contributed by atoms with Gasteiger partial charge < -0.3 is 10.2 Å². The van der Waals surface area contributed by atoms with Crippen molar-refractivity contribution in [3.05, 3.63) is 33.4 Å². The SMILES string of the molecule is CCN(C)C(=O)CNC(=O)c1ccccc1I. The quantitative estimate of drug-likeness (QED) is 0.840. The van der Waals surface area contributed by atoms with Crippen molar-refractivity contribution in [3.63, 3.8) is 0 Å². The number of carbonyl (C=O) groups excluding carboxylic acids is 2. The summed E-state index contributed by atoms with van der Waals surface area (Å²) in [5.74, 6) is -0.306. The zero-order chi connectivity index (χ0) is 12.8. The van der Waals surface area contributed by atoms with Gasteiger partial charge in [-0.05, 0) is 41.6 Å². The van der Waals surface area contributed by atoms with E-state index in [1.165, 1.54) is 0 Å². The van der Waals surface area contributed by atoms with Crippen LogP contribution in [0.4, 0.5) is 0 Å². The summed E-state index contributed by atoms with van der Waals surface area (Å²) in [6.07, 6.45) is 0. The zero-order valence-corrected chi connectivity index (χ0v) is 12.0. The molecule has 0 atom stereocenters. The summed E-state index contributed by atoms with van der Waals surface area (Å²) in [7, 11) is 1.71. The number of amides is 2. The minimum absolute atomic E-state index is 0.0359. The van der Waals surface area contributed by atoms with Crippen LogP contribution in [0.1, 0.15) is 17.3 Å². The second-order valence-corrected chi connectivity index (χ2v) is 4.73. The minimum atomic E-state index is -0.215. The van der Waals surface area contributed by atoms with E-state index in [0.29, 0.717) is 12.1 Å². The maximum Gasteiger partial charge on any atom is 0.252 e. The predicted octanol–water partition coefficient (Wildman–Crippen LogP) is 1.50. The second-order valence-electron chi connectivity index (χ2n) is 3.57. The molecule has 4 nitrogen and oxygen atoms in total. The van der Waals surface area contributed by atoms with E-state index in [4.69, 9.17) is 0 Å². The van der Waals surface area contributed by atoms with Crippen molar-refractivity contribution in [2.75, 3.05) is 20.1 Å². The fraction of sp³-hybridized carbons (Fsp3) is 0.333. The van der Waals surface area contributed by atoms with Crippen LogP contribution < -0.4 is 5.32 Å². The fourth-order valence-corrected chi connectivity index (χ4v) is 1.84. The van der Waals surface area contributed by atoms with Gasteiger partial charge in [0.05, 0.1) is 12.1 Å². The van der Waals surface area contributed by atoms with Gasteiger partial charge in [0, 0.05) is 17.2 Å². The molecular formula is C12H15IN2O2. The first-order chi connectivity index (χ1) is 8.06. The van der Waals surface area contributed by atoms with Gasteiger partial charge in [0.25, 0.3) is 5.91 Å². The highest BCUT2D eigenvalue weighted by atomic mass is 127. The van der Waals surface area contributed by atoms with Crippen LogP contribution in [0.15, 0.2) is 24.3 Å². The summed E-state index contributed by atoms with van der Waals surface area (Å²) in [6.45, 7) is 2.56. The van der Waals surface area contributed by atoms with Gasteiger partial charge in [0.1, 0.15) is 0 Å². The maximum absolute atomic E-state index is 11.8. The molecule has 2 amide bonds. The van der Waals surface area contributed by atoms with Crippen molar-refractivity contribution in [2.45, 2.75) is 6.92 Å². The number of benzene rings is 1. The Hall–Kier alpha value is -1.11. The molecule has 0 unspecified atom stereocenters. The van der Waals surface area contributed by atoms with Gasteiger partial charge in [0.2, 0.25) is 5.91 Å². The third kappa shape index (κ3) is 3.99. The lowest BCUT2D eigenvalue weighted by Gasteiger charge is -2.14.